The Morgan fingerprint density at radius 1 is 1.36 bits per heavy atom. The molecule has 3 heteroatoms. The van der Waals surface area contributed by atoms with Gasteiger partial charge in [-0.25, -0.2) is 0 Å². The van der Waals surface area contributed by atoms with E-state index < -0.39 is 17.3 Å². The fraction of sp³-hybridized carbons (Fsp3) is 1.00. The van der Waals surface area contributed by atoms with Gasteiger partial charge in [-0.05, 0) is 31.6 Å². The maximum Gasteiger partial charge on any atom is 0.120 e. The zero-order valence-corrected chi connectivity index (χ0v) is 9.16. The van der Waals surface area contributed by atoms with Crippen LogP contribution >= 0.6 is 0 Å². The molecule has 0 radical (unpaired) electrons. The van der Waals surface area contributed by atoms with E-state index in [2.05, 4.69) is 0 Å². The Morgan fingerprint density at radius 3 is 2.57 bits per heavy atom. The predicted molar refractivity (Wildman–Crippen MR) is 52.9 cm³/mol. The van der Waals surface area contributed by atoms with E-state index in [1.54, 1.807) is 0 Å². The van der Waals surface area contributed by atoms with Crippen LogP contribution in [0.1, 0.15) is 33.6 Å². The summed E-state index contributed by atoms with van der Waals surface area (Å²) < 4.78 is 5.65. The minimum absolute atomic E-state index is 0.0998. The van der Waals surface area contributed by atoms with Crippen LogP contribution in [0, 0.1) is 11.8 Å². The van der Waals surface area contributed by atoms with Crippen LogP contribution in [0.5, 0.6) is 0 Å². The van der Waals surface area contributed by atoms with Gasteiger partial charge in [0.1, 0.15) is 5.60 Å². The van der Waals surface area contributed by atoms with E-state index in [4.69, 9.17) is 4.74 Å². The Kier molecular flexibility index (Phi) is 2.18. The van der Waals surface area contributed by atoms with E-state index >= 15 is 0 Å². The smallest absolute Gasteiger partial charge is 0.120 e. The van der Waals surface area contributed by atoms with E-state index in [0.29, 0.717) is 6.61 Å². The number of aliphatic hydroxyl groups is 2. The van der Waals surface area contributed by atoms with Gasteiger partial charge < -0.3 is 14.9 Å². The normalized spacial score (nSPS) is 58.5. The number of rotatable bonds is 0. The minimum Gasteiger partial charge on any atom is -0.390 e. The fourth-order valence-electron chi connectivity index (χ4n) is 3.23. The van der Waals surface area contributed by atoms with Crippen molar-refractivity contribution in [3.8, 4) is 0 Å². The molecule has 0 amide bonds. The molecular weight excluding hydrogens is 180 g/mol. The van der Waals surface area contributed by atoms with E-state index in [-0.39, 0.29) is 11.8 Å². The molecule has 82 valence electrons. The van der Waals surface area contributed by atoms with E-state index in [9.17, 15) is 10.2 Å². The zero-order valence-electron chi connectivity index (χ0n) is 9.16. The highest BCUT2D eigenvalue weighted by Gasteiger charge is 2.65. The van der Waals surface area contributed by atoms with Crippen LogP contribution < -0.4 is 0 Å². The summed E-state index contributed by atoms with van der Waals surface area (Å²) in [5.74, 6) is 0.200. The summed E-state index contributed by atoms with van der Waals surface area (Å²) in [6, 6.07) is 0. The molecule has 0 unspecified atom stereocenters. The quantitative estimate of drug-likeness (QED) is 0.611. The molecule has 1 heterocycles. The Balaban J connectivity index is 2.40. The first-order chi connectivity index (χ1) is 6.43. The fourth-order valence-corrected chi connectivity index (χ4v) is 3.23. The molecule has 1 saturated heterocycles. The lowest BCUT2D eigenvalue weighted by Crippen LogP contribution is -2.59. The van der Waals surface area contributed by atoms with Crippen molar-refractivity contribution in [3.63, 3.8) is 0 Å². The van der Waals surface area contributed by atoms with Gasteiger partial charge >= 0.3 is 0 Å². The molecular formula is C11H20O3. The minimum atomic E-state index is -0.843. The topological polar surface area (TPSA) is 49.7 Å². The number of aliphatic hydroxyl groups excluding tert-OH is 1. The van der Waals surface area contributed by atoms with Crippen molar-refractivity contribution in [3.05, 3.63) is 0 Å². The highest BCUT2D eigenvalue weighted by Crippen LogP contribution is 2.53. The summed E-state index contributed by atoms with van der Waals surface area (Å²) in [5, 5.41) is 20.7. The van der Waals surface area contributed by atoms with Crippen molar-refractivity contribution < 1.29 is 14.9 Å². The second kappa shape index (κ2) is 2.94. The SMILES string of the molecule is C[C@@H]1[C@H](O)[C@]2(C)OCCC[C@]2(O)[C@H]1C. The van der Waals surface area contributed by atoms with Gasteiger partial charge in [-0.2, -0.15) is 0 Å². The molecule has 2 N–H and O–H groups in total. The molecule has 1 aliphatic heterocycles. The number of ether oxygens (including phenoxy) is 1. The highest BCUT2D eigenvalue weighted by molar-refractivity contribution is 5.15. The first-order valence-corrected chi connectivity index (χ1v) is 5.48. The Hall–Kier alpha value is -0.120. The average molecular weight is 200 g/mol. The molecule has 0 bridgehead atoms. The second-order valence-electron chi connectivity index (χ2n) is 5.08. The van der Waals surface area contributed by atoms with Crippen molar-refractivity contribution in [2.24, 2.45) is 11.8 Å². The summed E-state index contributed by atoms with van der Waals surface area (Å²) in [6.07, 6.45) is 1.07. The van der Waals surface area contributed by atoms with Crippen LogP contribution in [0.2, 0.25) is 0 Å². The molecule has 0 aromatic heterocycles. The Morgan fingerprint density at radius 2 is 2.00 bits per heavy atom. The molecule has 3 nitrogen and oxygen atoms in total. The monoisotopic (exact) mass is 200 g/mol. The average Bonchev–Trinajstić information content (AvgIpc) is 2.30. The van der Waals surface area contributed by atoms with Gasteiger partial charge in [0, 0.05) is 6.61 Å². The predicted octanol–water partition coefficient (Wildman–Crippen LogP) is 0.933. The van der Waals surface area contributed by atoms with E-state index in [1.807, 2.05) is 20.8 Å². The summed E-state index contributed by atoms with van der Waals surface area (Å²) in [6.45, 7) is 6.49. The lowest BCUT2D eigenvalue weighted by molar-refractivity contribution is -0.226. The van der Waals surface area contributed by atoms with Gasteiger partial charge in [-0.3, -0.25) is 0 Å². The van der Waals surface area contributed by atoms with Crippen LogP contribution in [-0.2, 0) is 4.74 Å². The lowest BCUT2D eigenvalue weighted by Gasteiger charge is -2.46. The maximum atomic E-state index is 10.6. The van der Waals surface area contributed by atoms with Gasteiger partial charge in [0.2, 0.25) is 0 Å². The number of hydrogen-bond donors (Lipinski definition) is 2. The van der Waals surface area contributed by atoms with Crippen LogP contribution in [0.3, 0.4) is 0 Å². The third-order valence-corrected chi connectivity index (χ3v) is 4.57. The van der Waals surface area contributed by atoms with Crippen LogP contribution in [0.15, 0.2) is 0 Å². The molecule has 2 rings (SSSR count). The standard InChI is InChI=1S/C11H20O3/c1-7-8(2)11(13)5-4-6-14-10(11,3)9(7)12/h7-9,12-13H,4-6H2,1-3H3/t7-,8-,9-,10-,11-/m0/s1. The van der Waals surface area contributed by atoms with Crippen molar-refractivity contribution in [2.45, 2.75) is 50.9 Å². The maximum absolute atomic E-state index is 10.6. The molecule has 2 fully saturated rings. The molecule has 2 aliphatic rings. The molecule has 0 aromatic rings. The molecule has 1 aliphatic carbocycles. The van der Waals surface area contributed by atoms with Crippen molar-refractivity contribution >= 4 is 0 Å². The zero-order chi connectivity index (χ0) is 10.6. The van der Waals surface area contributed by atoms with Crippen LogP contribution in [0.25, 0.3) is 0 Å². The first-order valence-electron chi connectivity index (χ1n) is 5.48. The van der Waals surface area contributed by atoms with Crippen molar-refractivity contribution in [1.82, 2.24) is 0 Å². The molecule has 0 spiro atoms. The van der Waals surface area contributed by atoms with Crippen LogP contribution in [0.4, 0.5) is 0 Å². The molecule has 1 saturated carbocycles. The van der Waals surface area contributed by atoms with Gasteiger partial charge in [0.05, 0.1) is 11.7 Å². The van der Waals surface area contributed by atoms with Crippen molar-refractivity contribution in [1.29, 1.82) is 0 Å². The summed E-state index contributed by atoms with van der Waals surface area (Å²) in [5.41, 5.74) is -1.60. The number of hydrogen-bond acceptors (Lipinski definition) is 3. The molecule has 5 atom stereocenters. The van der Waals surface area contributed by atoms with Gasteiger partial charge in [0.15, 0.2) is 0 Å². The van der Waals surface area contributed by atoms with Crippen molar-refractivity contribution in [2.75, 3.05) is 6.61 Å². The third-order valence-electron chi connectivity index (χ3n) is 4.57. The van der Waals surface area contributed by atoms with Gasteiger partial charge in [0.25, 0.3) is 0 Å². The summed E-state index contributed by atoms with van der Waals surface area (Å²) in [7, 11) is 0. The third kappa shape index (κ3) is 0.980. The molecule has 0 aromatic carbocycles. The highest BCUT2D eigenvalue weighted by atomic mass is 16.5. The summed E-state index contributed by atoms with van der Waals surface area (Å²) >= 11 is 0. The molecule has 14 heavy (non-hydrogen) atoms. The van der Waals surface area contributed by atoms with E-state index in [0.717, 1.165) is 12.8 Å². The second-order valence-corrected chi connectivity index (χ2v) is 5.08. The van der Waals surface area contributed by atoms with Gasteiger partial charge in [-0.1, -0.05) is 13.8 Å². The largest absolute Gasteiger partial charge is 0.390 e. The van der Waals surface area contributed by atoms with Crippen LogP contribution in [-0.4, -0.2) is 34.1 Å². The van der Waals surface area contributed by atoms with Gasteiger partial charge in [-0.15, -0.1) is 0 Å². The number of fused-ring (bicyclic) bond motifs is 1. The van der Waals surface area contributed by atoms with E-state index in [1.165, 1.54) is 0 Å². The Labute approximate surface area is 85.1 Å². The lowest BCUT2D eigenvalue weighted by atomic mass is 9.76. The summed E-state index contributed by atoms with van der Waals surface area (Å²) in [4.78, 5) is 0. The first kappa shape index (κ1) is 10.4. The Bertz CT molecular complexity index is 219.